The van der Waals surface area contributed by atoms with Crippen molar-refractivity contribution in [1.29, 1.82) is 0 Å². The number of hydrogen-bond donors (Lipinski definition) is 2. The number of aliphatic hydroxyl groups excluding tert-OH is 1. The lowest BCUT2D eigenvalue weighted by Gasteiger charge is -2.32. The van der Waals surface area contributed by atoms with Gasteiger partial charge in [-0.2, -0.15) is 0 Å². The minimum Gasteiger partial charge on any atom is -0.480 e. The zero-order chi connectivity index (χ0) is 15.1. The molecule has 1 fully saturated rings. The Morgan fingerprint density at radius 1 is 1.55 bits per heavy atom. The number of nitrogens with zero attached hydrogens (tertiary/aromatic N) is 2. The number of carbonyl (C=O) groups is 2. The summed E-state index contributed by atoms with van der Waals surface area (Å²) in [4.78, 5) is 26.7. The first-order valence-electron chi connectivity index (χ1n) is 6.70. The first kappa shape index (κ1) is 16.8. The van der Waals surface area contributed by atoms with Gasteiger partial charge in [0.15, 0.2) is 0 Å². The number of urea groups is 1. The van der Waals surface area contributed by atoms with Crippen molar-refractivity contribution >= 4 is 23.8 Å². The minimum absolute atomic E-state index is 0.111. The van der Waals surface area contributed by atoms with E-state index >= 15 is 0 Å². The van der Waals surface area contributed by atoms with Gasteiger partial charge in [-0.05, 0) is 6.42 Å². The zero-order valence-corrected chi connectivity index (χ0v) is 12.5. The molecule has 1 aliphatic heterocycles. The molecule has 0 radical (unpaired) electrons. The smallest absolute Gasteiger partial charge is 0.327 e. The summed E-state index contributed by atoms with van der Waals surface area (Å²) in [6.45, 7) is 5.91. The Bertz CT molecular complexity index is 364. The van der Waals surface area contributed by atoms with Crippen molar-refractivity contribution in [2.75, 3.05) is 25.4 Å². The number of hydrogen-bond acceptors (Lipinski definition) is 4. The molecule has 2 unspecified atom stereocenters. The number of aliphatic carboxylic acids is 1. The van der Waals surface area contributed by atoms with E-state index < -0.39 is 12.0 Å². The molecular formula is C13H22N2O4S. The van der Waals surface area contributed by atoms with E-state index in [1.807, 2.05) is 6.92 Å². The van der Waals surface area contributed by atoms with Crippen molar-refractivity contribution in [3.05, 3.63) is 12.7 Å². The Labute approximate surface area is 123 Å². The van der Waals surface area contributed by atoms with Gasteiger partial charge in [-0.3, -0.25) is 4.90 Å². The highest BCUT2D eigenvalue weighted by molar-refractivity contribution is 8.00. The Kier molecular flexibility index (Phi) is 6.87. The Hall–Kier alpha value is -1.21. The summed E-state index contributed by atoms with van der Waals surface area (Å²) in [6.07, 6.45) is 3.22. The molecule has 1 aliphatic rings. The summed E-state index contributed by atoms with van der Waals surface area (Å²) in [5.41, 5.74) is 0. The minimum atomic E-state index is -0.980. The van der Waals surface area contributed by atoms with E-state index in [0.717, 1.165) is 12.8 Å². The van der Waals surface area contributed by atoms with E-state index in [1.165, 1.54) is 21.6 Å². The predicted octanol–water partition coefficient (Wildman–Crippen LogP) is 1.21. The van der Waals surface area contributed by atoms with Crippen LogP contribution in [0.1, 0.15) is 19.8 Å². The molecule has 0 aliphatic carbocycles. The van der Waals surface area contributed by atoms with Crippen molar-refractivity contribution in [3.63, 3.8) is 0 Å². The first-order chi connectivity index (χ1) is 9.56. The standard InChI is InChI=1S/C13H22N2O4S/c1-3-5-11-15(10(9-20-11)12(17)18)13(19)14(6-4-2)7-8-16/h4,10-11,16H,2-3,5-9H2,1H3,(H,17,18). The van der Waals surface area contributed by atoms with Crippen LogP contribution in [0.25, 0.3) is 0 Å². The second-order valence-electron chi connectivity index (χ2n) is 4.58. The maximum absolute atomic E-state index is 12.5. The van der Waals surface area contributed by atoms with Gasteiger partial charge in [0.25, 0.3) is 0 Å². The molecule has 0 saturated carbocycles. The lowest BCUT2D eigenvalue weighted by molar-refractivity contribution is -0.141. The summed E-state index contributed by atoms with van der Waals surface area (Å²) < 4.78 is 0. The number of aliphatic hydroxyl groups is 1. The van der Waals surface area contributed by atoms with Gasteiger partial charge in [0, 0.05) is 18.8 Å². The van der Waals surface area contributed by atoms with E-state index in [-0.39, 0.29) is 24.6 Å². The molecule has 114 valence electrons. The maximum Gasteiger partial charge on any atom is 0.327 e. The second kappa shape index (κ2) is 8.16. The highest BCUT2D eigenvalue weighted by Crippen LogP contribution is 2.33. The predicted molar refractivity (Wildman–Crippen MR) is 78.7 cm³/mol. The molecule has 2 atom stereocenters. The van der Waals surface area contributed by atoms with Crippen molar-refractivity contribution in [1.82, 2.24) is 9.80 Å². The largest absolute Gasteiger partial charge is 0.480 e. The van der Waals surface area contributed by atoms with Crippen LogP contribution in [0.2, 0.25) is 0 Å². The van der Waals surface area contributed by atoms with Crippen molar-refractivity contribution in [3.8, 4) is 0 Å². The van der Waals surface area contributed by atoms with Crippen LogP contribution in [0.4, 0.5) is 4.79 Å². The van der Waals surface area contributed by atoms with Crippen LogP contribution in [0, 0.1) is 0 Å². The van der Waals surface area contributed by atoms with Gasteiger partial charge in [0.1, 0.15) is 6.04 Å². The molecule has 7 heteroatoms. The van der Waals surface area contributed by atoms with Crippen molar-refractivity contribution in [2.24, 2.45) is 0 Å². The van der Waals surface area contributed by atoms with Crippen LogP contribution in [0.5, 0.6) is 0 Å². The fraction of sp³-hybridized carbons (Fsp3) is 0.692. The molecule has 1 rings (SSSR count). The number of amides is 2. The molecule has 20 heavy (non-hydrogen) atoms. The van der Waals surface area contributed by atoms with E-state index in [1.54, 1.807) is 6.08 Å². The molecule has 2 N–H and O–H groups in total. The van der Waals surface area contributed by atoms with Crippen molar-refractivity contribution < 1.29 is 19.8 Å². The molecule has 2 amide bonds. The molecule has 0 aromatic rings. The normalized spacial score (nSPS) is 21.8. The quantitative estimate of drug-likeness (QED) is 0.691. The maximum atomic E-state index is 12.5. The second-order valence-corrected chi connectivity index (χ2v) is 5.79. The van der Waals surface area contributed by atoms with Crippen LogP contribution in [-0.4, -0.2) is 68.9 Å². The third kappa shape index (κ3) is 3.89. The van der Waals surface area contributed by atoms with E-state index in [2.05, 4.69) is 6.58 Å². The number of rotatable bonds is 7. The molecular weight excluding hydrogens is 280 g/mol. The van der Waals surface area contributed by atoms with Crippen LogP contribution >= 0.6 is 11.8 Å². The number of carbonyl (C=O) groups excluding carboxylic acids is 1. The van der Waals surface area contributed by atoms with Crippen LogP contribution in [0.15, 0.2) is 12.7 Å². The molecule has 1 heterocycles. The Morgan fingerprint density at radius 2 is 2.25 bits per heavy atom. The SMILES string of the molecule is C=CCN(CCO)C(=O)N1C(CCC)SCC1C(=O)O. The average Bonchev–Trinajstić information content (AvgIpc) is 2.82. The zero-order valence-electron chi connectivity index (χ0n) is 11.7. The fourth-order valence-electron chi connectivity index (χ4n) is 2.18. The number of carboxylic acids is 1. The molecule has 0 aromatic carbocycles. The Morgan fingerprint density at radius 3 is 2.75 bits per heavy atom. The van der Waals surface area contributed by atoms with E-state index in [0.29, 0.717) is 12.3 Å². The average molecular weight is 302 g/mol. The third-order valence-electron chi connectivity index (χ3n) is 3.12. The van der Waals surface area contributed by atoms with Crippen LogP contribution < -0.4 is 0 Å². The highest BCUT2D eigenvalue weighted by Gasteiger charge is 2.42. The lowest BCUT2D eigenvalue weighted by atomic mass is 10.2. The third-order valence-corrected chi connectivity index (χ3v) is 4.48. The van der Waals surface area contributed by atoms with Gasteiger partial charge in [-0.15, -0.1) is 18.3 Å². The number of thioether (sulfide) groups is 1. The van der Waals surface area contributed by atoms with Crippen LogP contribution in [-0.2, 0) is 4.79 Å². The number of carboxylic acid groups (broad SMARTS) is 1. The summed E-state index contributed by atoms with van der Waals surface area (Å²) in [5.74, 6) is -0.570. The Balaban J connectivity index is 2.91. The van der Waals surface area contributed by atoms with Gasteiger partial charge in [0.05, 0.1) is 12.0 Å². The highest BCUT2D eigenvalue weighted by atomic mass is 32.2. The molecule has 1 saturated heterocycles. The van der Waals surface area contributed by atoms with E-state index in [9.17, 15) is 14.7 Å². The molecule has 0 spiro atoms. The topological polar surface area (TPSA) is 81.1 Å². The molecule has 0 aromatic heterocycles. The monoisotopic (exact) mass is 302 g/mol. The van der Waals surface area contributed by atoms with Gasteiger partial charge < -0.3 is 15.1 Å². The van der Waals surface area contributed by atoms with Gasteiger partial charge in [0.2, 0.25) is 0 Å². The van der Waals surface area contributed by atoms with Gasteiger partial charge in [-0.1, -0.05) is 19.4 Å². The summed E-state index contributed by atoms with van der Waals surface area (Å²) in [7, 11) is 0. The van der Waals surface area contributed by atoms with Crippen molar-refractivity contribution in [2.45, 2.75) is 31.2 Å². The van der Waals surface area contributed by atoms with Gasteiger partial charge in [-0.25, -0.2) is 9.59 Å². The van der Waals surface area contributed by atoms with Gasteiger partial charge >= 0.3 is 12.0 Å². The first-order valence-corrected chi connectivity index (χ1v) is 7.75. The van der Waals surface area contributed by atoms with Crippen LogP contribution in [0.3, 0.4) is 0 Å². The summed E-state index contributed by atoms with van der Waals surface area (Å²) in [5, 5.41) is 18.2. The summed E-state index contributed by atoms with van der Waals surface area (Å²) >= 11 is 1.50. The molecule has 0 bridgehead atoms. The van der Waals surface area contributed by atoms with E-state index in [4.69, 9.17) is 5.11 Å². The summed E-state index contributed by atoms with van der Waals surface area (Å²) in [6, 6.07) is -1.13. The fourth-order valence-corrected chi connectivity index (χ4v) is 3.69. The molecule has 6 nitrogen and oxygen atoms in total. The lowest BCUT2D eigenvalue weighted by Crippen LogP contribution is -2.52.